The molecule has 0 bridgehead atoms. The molecule has 1 unspecified atom stereocenters. The quantitative estimate of drug-likeness (QED) is 0.164. The van der Waals surface area contributed by atoms with E-state index >= 15 is 0 Å². The normalized spacial score (nSPS) is 28.6. The highest BCUT2D eigenvalue weighted by Gasteiger charge is 2.46. The fraction of sp³-hybridized carbons (Fsp3) is 0.556. The average molecular weight is 500 g/mol. The van der Waals surface area contributed by atoms with Gasteiger partial charge in [-0.05, 0) is 0 Å². The number of aromatic amines is 1. The molecule has 2 heterocycles. The van der Waals surface area contributed by atoms with E-state index in [1.807, 2.05) is 4.98 Å². The molecular weight excluding hydrogens is 485 g/mol. The van der Waals surface area contributed by atoms with Crippen molar-refractivity contribution in [3.05, 3.63) is 27.0 Å². The van der Waals surface area contributed by atoms with Gasteiger partial charge < -0.3 is 44.2 Å². The van der Waals surface area contributed by atoms with Gasteiger partial charge in [0.2, 0.25) is 5.75 Å². The average Bonchev–Trinajstić information content (AvgIpc) is 2.82. The highest BCUT2D eigenvalue weighted by Crippen LogP contribution is 2.65. The maximum Gasteiger partial charge on any atom is 0.536 e. The number of hydrogen-bond donors (Lipinski definition) is 8. The molecule has 18 nitrogen and oxygen atoms in total. The van der Waals surface area contributed by atoms with E-state index in [4.69, 9.17) is 24.5 Å². The lowest BCUT2D eigenvalue weighted by Crippen LogP contribution is -2.42. The lowest BCUT2D eigenvalue weighted by molar-refractivity contribution is -0.0566. The molecule has 0 saturated carbocycles. The third-order valence-corrected chi connectivity index (χ3v) is 7.13. The molecular formula is C9H15N2O16P3. The molecule has 1 aromatic heterocycles. The van der Waals surface area contributed by atoms with Crippen LogP contribution in [0.4, 0.5) is 0 Å². The van der Waals surface area contributed by atoms with E-state index in [0.29, 0.717) is 6.20 Å². The summed E-state index contributed by atoms with van der Waals surface area (Å²) in [5.74, 6) is -1.21. The van der Waals surface area contributed by atoms with Crippen molar-refractivity contribution >= 4 is 23.5 Å². The van der Waals surface area contributed by atoms with Crippen molar-refractivity contribution < 1.29 is 66.5 Å². The number of rotatable bonds is 8. The second kappa shape index (κ2) is 8.72. The molecule has 0 amide bonds. The molecule has 8 N–H and O–H groups in total. The van der Waals surface area contributed by atoms with Crippen LogP contribution in [0.25, 0.3) is 0 Å². The number of H-pyrrole nitrogens is 1. The van der Waals surface area contributed by atoms with Gasteiger partial charge in [0.05, 0.1) is 12.8 Å². The molecule has 1 aliphatic heterocycles. The smallest absolute Gasteiger partial charge is 0.396 e. The van der Waals surface area contributed by atoms with Crippen LogP contribution in [0.3, 0.4) is 0 Å². The molecule has 1 fully saturated rings. The van der Waals surface area contributed by atoms with E-state index in [9.17, 15) is 38.4 Å². The number of aliphatic hydroxyl groups excluding tert-OH is 3. The Balaban J connectivity index is 2.35. The molecule has 1 saturated heterocycles. The van der Waals surface area contributed by atoms with E-state index in [0.717, 1.165) is 0 Å². The highest BCUT2D eigenvalue weighted by molar-refractivity contribution is 7.66. The number of nitrogens with zero attached hydrogens (tertiary/aromatic N) is 1. The molecule has 0 radical (unpaired) electrons. The van der Waals surface area contributed by atoms with Crippen LogP contribution in [0.15, 0.2) is 15.8 Å². The molecule has 21 heteroatoms. The zero-order valence-corrected chi connectivity index (χ0v) is 16.9. The maximum absolute atomic E-state index is 12.4. The molecule has 30 heavy (non-hydrogen) atoms. The SMILES string of the molecule is O=c1[nH]cc(OP(=O)(O)O[P@@](=O)(O)OP(=O)(O)O)c(=O)n1[C@@H]1O[C@H](CO)[C@@H](O)[C@H]1O. The molecule has 0 aliphatic carbocycles. The predicted octanol–water partition coefficient (Wildman–Crippen LogP) is -3.15. The summed E-state index contributed by atoms with van der Waals surface area (Å²) in [4.78, 5) is 61.7. The minimum absolute atomic E-state index is 0.101. The van der Waals surface area contributed by atoms with Crippen molar-refractivity contribution in [3.8, 4) is 5.75 Å². The van der Waals surface area contributed by atoms with Gasteiger partial charge in [-0.1, -0.05) is 0 Å². The van der Waals surface area contributed by atoms with Gasteiger partial charge in [-0.3, -0.25) is 9.69 Å². The maximum atomic E-state index is 12.4. The first-order valence-electron chi connectivity index (χ1n) is 7.37. The van der Waals surface area contributed by atoms with Gasteiger partial charge in [0.15, 0.2) is 6.23 Å². The first-order valence-corrected chi connectivity index (χ1v) is 11.9. The fourth-order valence-electron chi connectivity index (χ4n) is 2.28. The molecule has 0 aromatic carbocycles. The third kappa shape index (κ3) is 5.93. The number of nitrogens with one attached hydrogen (secondary N) is 1. The number of phosphoric acid groups is 3. The third-order valence-electron chi connectivity index (χ3n) is 3.38. The van der Waals surface area contributed by atoms with Gasteiger partial charge in [0, 0.05) is 0 Å². The van der Waals surface area contributed by atoms with Crippen molar-refractivity contribution in [1.29, 1.82) is 0 Å². The molecule has 2 rings (SSSR count). The van der Waals surface area contributed by atoms with Crippen LogP contribution in [0.2, 0.25) is 0 Å². The summed E-state index contributed by atoms with van der Waals surface area (Å²) in [5, 5.41) is 28.7. The van der Waals surface area contributed by atoms with Crippen LogP contribution in [0.5, 0.6) is 5.75 Å². The Morgan fingerprint density at radius 1 is 1.03 bits per heavy atom. The van der Waals surface area contributed by atoms with Gasteiger partial charge in [0.25, 0.3) is 0 Å². The van der Waals surface area contributed by atoms with E-state index in [1.54, 1.807) is 0 Å². The van der Waals surface area contributed by atoms with Crippen LogP contribution < -0.4 is 15.8 Å². The lowest BCUT2D eigenvalue weighted by atomic mass is 10.1. The van der Waals surface area contributed by atoms with Crippen molar-refractivity contribution in [3.63, 3.8) is 0 Å². The summed E-state index contributed by atoms with van der Waals surface area (Å²) < 4.78 is 50.0. The number of ether oxygens (including phenoxy) is 1. The van der Waals surface area contributed by atoms with Gasteiger partial charge in [-0.2, -0.15) is 8.62 Å². The molecule has 6 atom stereocenters. The Morgan fingerprint density at radius 3 is 2.13 bits per heavy atom. The molecule has 0 spiro atoms. The van der Waals surface area contributed by atoms with Crippen molar-refractivity contribution in [2.75, 3.05) is 6.61 Å². The summed E-state index contributed by atoms with van der Waals surface area (Å²) in [6.07, 6.45) is -6.46. The van der Waals surface area contributed by atoms with Gasteiger partial charge in [-0.25, -0.2) is 23.1 Å². The van der Waals surface area contributed by atoms with E-state index in [-0.39, 0.29) is 4.57 Å². The van der Waals surface area contributed by atoms with Crippen LogP contribution in [0, 0.1) is 0 Å². The first kappa shape index (κ1) is 25.0. The van der Waals surface area contributed by atoms with Gasteiger partial charge in [-0.15, -0.1) is 0 Å². The van der Waals surface area contributed by atoms with Crippen LogP contribution in [-0.2, 0) is 27.1 Å². The number of aromatic nitrogens is 2. The Kier molecular flexibility index (Phi) is 7.28. The van der Waals surface area contributed by atoms with Crippen LogP contribution in [-0.4, -0.2) is 69.4 Å². The topological polar surface area (TPSA) is 285 Å². The summed E-state index contributed by atoms with van der Waals surface area (Å²) in [6, 6.07) is 0. The lowest BCUT2D eigenvalue weighted by Gasteiger charge is -2.19. The monoisotopic (exact) mass is 500 g/mol. The van der Waals surface area contributed by atoms with E-state index in [1.165, 1.54) is 0 Å². The Bertz CT molecular complexity index is 1040. The largest absolute Gasteiger partial charge is 0.536 e. The fourth-order valence-corrected chi connectivity index (χ4v) is 5.30. The van der Waals surface area contributed by atoms with Crippen molar-refractivity contribution in [1.82, 2.24) is 9.55 Å². The molecule has 1 aliphatic rings. The standard InChI is InChI=1S/C9H15N2O16P3/c12-2-4-5(13)6(14)8(24-4)11-7(15)3(1-10-9(11)16)25-29(20,21)27-30(22,23)26-28(17,18)19/h1,4-6,8,12-14H,2H2,(H,10,16)(H,20,21)(H,22,23)(H2,17,18,19)/t4-,5-,6-,8-/m1/s1. The minimum Gasteiger partial charge on any atom is -0.396 e. The van der Waals surface area contributed by atoms with Gasteiger partial charge in [0.1, 0.15) is 18.3 Å². The predicted molar refractivity (Wildman–Crippen MR) is 88.8 cm³/mol. The van der Waals surface area contributed by atoms with Crippen LogP contribution >= 0.6 is 23.5 Å². The van der Waals surface area contributed by atoms with E-state index < -0.39 is 71.6 Å². The zero-order chi connectivity index (χ0) is 23.1. The Morgan fingerprint density at radius 2 is 1.63 bits per heavy atom. The summed E-state index contributed by atoms with van der Waals surface area (Å²) in [7, 11) is -17.3. The van der Waals surface area contributed by atoms with Crippen molar-refractivity contribution in [2.24, 2.45) is 0 Å². The summed E-state index contributed by atoms with van der Waals surface area (Å²) >= 11 is 0. The number of hydrogen-bond acceptors (Lipinski definition) is 12. The van der Waals surface area contributed by atoms with Gasteiger partial charge >= 0.3 is 34.7 Å². The second-order valence-electron chi connectivity index (χ2n) is 5.54. The number of phosphoric ester groups is 1. The summed E-state index contributed by atoms with van der Waals surface area (Å²) in [5.41, 5.74) is -2.82. The second-order valence-corrected chi connectivity index (χ2v) is 9.89. The van der Waals surface area contributed by atoms with E-state index in [2.05, 4.69) is 13.1 Å². The highest BCUT2D eigenvalue weighted by atomic mass is 31.3. The van der Waals surface area contributed by atoms with Crippen LogP contribution in [0.1, 0.15) is 6.23 Å². The summed E-state index contributed by atoms with van der Waals surface area (Å²) in [6.45, 7) is -0.803. The minimum atomic E-state index is -5.87. The molecule has 172 valence electrons. The first-order chi connectivity index (χ1) is 13.6. The number of aliphatic hydroxyl groups is 3. The zero-order valence-electron chi connectivity index (χ0n) is 14.2. The molecule has 1 aromatic rings. The van der Waals surface area contributed by atoms with Crippen molar-refractivity contribution in [2.45, 2.75) is 24.5 Å². The Hall–Kier alpha value is -1.23. The Labute approximate surface area is 164 Å².